The number of nitrogens with one attached hydrogen (secondary N) is 1. The number of rotatable bonds is 3. The minimum atomic E-state index is -1.05. The lowest BCUT2D eigenvalue weighted by molar-refractivity contribution is 0.0288. The monoisotopic (exact) mass is 276 g/mol. The summed E-state index contributed by atoms with van der Waals surface area (Å²) in [5, 5.41) is 32.1. The largest absolute Gasteiger partial charge is 0.392 e. The van der Waals surface area contributed by atoms with Crippen LogP contribution in [0.15, 0.2) is 30.2 Å². The maximum absolute atomic E-state index is 10.1. The van der Waals surface area contributed by atoms with Gasteiger partial charge in [-0.2, -0.15) is 0 Å². The first-order chi connectivity index (χ1) is 9.67. The number of aliphatic hydroxyl groups excluding tert-OH is 3. The second kappa shape index (κ2) is 4.86. The number of hydrogen-bond donors (Lipinski definition) is 4. The molecule has 1 aliphatic rings. The molecule has 1 aliphatic carbocycles. The summed E-state index contributed by atoms with van der Waals surface area (Å²) in [4.78, 5) is 8.47. The van der Waals surface area contributed by atoms with Crippen LogP contribution in [0.25, 0.3) is 11.0 Å². The Labute approximate surface area is 115 Å². The predicted octanol–water partition coefficient (Wildman–Crippen LogP) is -0.332. The van der Waals surface area contributed by atoms with Gasteiger partial charge in [0.1, 0.15) is 17.7 Å². The van der Waals surface area contributed by atoms with Crippen molar-refractivity contribution in [3.63, 3.8) is 0 Å². The van der Waals surface area contributed by atoms with Gasteiger partial charge in [-0.3, -0.25) is 0 Å². The van der Waals surface area contributed by atoms with Crippen molar-refractivity contribution in [2.45, 2.75) is 18.2 Å². The Morgan fingerprint density at radius 1 is 1.35 bits per heavy atom. The van der Waals surface area contributed by atoms with Crippen LogP contribution >= 0.6 is 0 Å². The summed E-state index contributed by atoms with van der Waals surface area (Å²) in [5.41, 5.74) is 1.92. The topological polar surface area (TPSA) is 103 Å². The van der Waals surface area contributed by atoms with E-state index in [1.165, 1.54) is 0 Å². The van der Waals surface area contributed by atoms with Gasteiger partial charge in [-0.05, 0) is 11.6 Å². The second-order valence-corrected chi connectivity index (χ2v) is 4.75. The van der Waals surface area contributed by atoms with Crippen molar-refractivity contribution in [3.8, 4) is 0 Å². The van der Waals surface area contributed by atoms with Crippen LogP contribution in [0.4, 0.5) is 5.82 Å². The van der Waals surface area contributed by atoms with Gasteiger partial charge in [-0.1, -0.05) is 6.08 Å². The lowest BCUT2D eigenvalue weighted by Gasteiger charge is -2.19. The molecule has 2 heterocycles. The quantitative estimate of drug-likeness (QED) is 0.572. The second-order valence-electron chi connectivity index (χ2n) is 4.75. The minimum Gasteiger partial charge on any atom is -0.392 e. The van der Waals surface area contributed by atoms with Crippen LogP contribution in [-0.2, 0) is 0 Å². The molecule has 0 bridgehead atoms. The van der Waals surface area contributed by atoms with Gasteiger partial charge in [0.25, 0.3) is 0 Å². The number of aromatic nitrogens is 3. The Morgan fingerprint density at radius 2 is 2.15 bits per heavy atom. The third-order valence-corrected chi connectivity index (χ3v) is 3.67. The molecule has 7 heteroatoms. The molecule has 0 amide bonds. The van der Waals surface area contributed by atoms with Crippen molar-refractivity contribution in [2.24, 2.45) is 0 Å². The predicted molar refractivity (Wildman–Crippen MR) is 73.3 cm³/mol. The summed E-state index contributed by atoms with van der Waals surface area (Å²) in [6.07, 6.45) is 2.88. The Bertz CT molecular complexity index is 667. The summed E-state index contributed by atoms with van der Waals surface area (Å²) in [5.74, 6) is 0.653. The van der Waals surface area contributed by atoms with Gasteiger partial charge >= 0.3 is 0 Å². The molecule has 20 heavy (non-hydrogen) atoms. The molecule has 106 valence electrons. The molecule has 0 radical (unpaired) electrons. The van der Waals surface area contributed by atoms with E-state index in [0.717, 1.165) is 5.52 Å². The Kier molecular flexibility index (Phi) is 3.17. The summed E-state index contributed by atoms with van der Waals surface area (Å²) in [7, 11) is 1.76. The smallest absolute Gasteiger partial charge is 0.153 e. The van der Waals surface area contributed by atoms with Crippen LogP contribution in [0.3, 0.4) is 0 Å². The van der Waals surface area contributed by atoms with Crippen LogP contribution < -0.4 is 5.32 Å². The molecule has 7 nitrogen and oxygen atoms in total. The van der Waals surface area contributed by atoms with Gasteiger partial charge in [0.05, 0.1) is 24.5 Å². The van der Waals surface area contributed by atoms with E-state index >= 15 is 0 Å². The molecular weight excluding hydrogens is 260 g/mol. The van der Waals surface area contributed by atoms with E-state index in [1.54, 1.807) is 36.3 Å². The minimum absolute atomic E-state index is 0.273. The number of pyridine rings is 1. The van der Waals surface area contributed by atoms with Crippen molar-refractivity contribution >= 4 is 16.9 Å². The zero-order valence-corrected chi connectivity index (χ0v) is 10.9. The lowest BCUT2D eigenvalue weighted by Crippen LogP contribution is -2.29. The molecular formula is C13H16N4O3. The molecule has 4 N–H and O–H groups in total. The molecule has 0 aliphatic heterocycles. The highest BCUT2D eigenvalue weighted by Gasteiger charge is 2.35. The molecule has 0 saturated carbocycles. The van der Waals surface area contributed by atoms with Crippen LogP contribution in [0.1, 0.15) is 6.04 Å². The normalized spacial score (nSPS) is 26.0. The highest BCUT2D eigenvalue weighted by molar-refractivity contribution is 5.85. The van der Waals surface area contributed by atoms with Gasteiger partial charge < -0.3 is 25.2 Å². The number of aliphatic hydroxyl groups is 3. The third-order valence-electron chi connectivity index (χ3n) is 3.67. The van der Waals surface area contributed by atoms with Gasteiger partial charge in [0, 0.05) is 13.2 Å². The highest BCUT2D eigenvalue weighted by Crippen LogP contribution is 2.32. The van der Waals surface area contributed by atoms with Gasteiger partial charge in [0.15, 0.2) is 5.82 Å². The van der Waals surface area contributed by atoms with Gasteiger partial charge in [0.2, 0.25) is 0 Å². The fourth-order valence-electron chi connectivity index (χ4n) is 2.60. The SMILES string of the molecule is CNc1nccc2c1ncn2C1C=C(CO)C(O)C1O. The van der Waals surface area contributed by atoms with Gasteiger partial charge in [-0.15, -0.1) is 0 Å². The van der Waals surface area contributed by atoms with E-state index in [0.29, 0.717) is 16.9 Å². The fourth-order valence-corrected chi connectivity index (χ4v) is 2.60. The zero-order valence-electron chi connectivity index (χ0n) is 10.9. The number of anilines is 1. The molecule has 3 rings (SSSR count). The number of imidazole rings is 1. The highest BCUT2D eigenvalue weighted by atomic mass is 16.3. The molecule has 3 unspecified atom stereocenters. The van der Waals surface area contributed by atoms with Crippen molar-refractivity contribution in [1.29, 1.82) is 0 Å². The van der Waals surface area contributed by atoms with E-state index in [9.17, 15) is 15.3 Å². The summed E-state index contributed by atoms with van der Waals surface area (Å²) in [6, 6.07) is 1.34. The van der Waals surface area contributed by atoms with E-state index in [4.69, 9.17) is 0 Å². The molecule has 2 aromatic rings. The Hall–Kier alpha value is -1.96. The third kappa shape index (κ3) is 1.79. The van der Waals surface area contributed by atoms with Gasteiger partial charge in [-0.25, -0.2) is 9.97 Å². The number of nitrogens with zero attached hydrogens (tertiary/aromatic N) is 3. The van der Waals surface area contributed by atoms with Crippen LogP contribution in [0.2, 0.25) is 0 Å². The van der Waals surface area contributed by atoms with Crippen molar-refractivity contribution in [2.75, 3.05) is 19.0 Å². The molecule has 0 aromatic carbocycles. The molecule has 3 atom stereocenters. The molecule has 0 fully saturated rings. The van der Waals surface area contributed by atoms with Crippen molar-refractivity contribution in [1.82, 2.24) is 14.5 Å². The average molecular weight is 276 g/mol. The fraction of sp³-hybridized carbons (Fsp3) is 0.385. The average Bonchev–Trinajstić information content (AvgIpc) is 3.01. The molecule has 2 aromatic heterocycles. The van der Waals surface area contributed by atoms with E-state index in [-0.39, 0.29) is 6.61 Å². The number of fused-ring (bicyclic) bond motifs is 1. The standard InChI is InChI=1S/C13H16N4O3/c1-14-13-10-8(2-3-15-13)17(6-16-10)9-4-7(5-18)11(19)12(9)20/h2-4,6,9,11-12,18-20H,5H2,1H3,(H,14,15). The van der Waals surface area contributed by atoms with Crippen LogP contribution in [0, 0.1) is 0 Å². The van der Waals surface area contributed by atoms with Crippen LogP contribution in [-0.4, -0.2) is 55.7 Å². The number of hydrogen-bond acceptors (Lipinski definition) is 6. The van der Waals surface area contributed by atoms with Crippen LogP contribution in [0.5, 0.6) is 0 Å². The first-order valence-electron chi connectivity index (χ1n) is 6.34. The van der Waals surface area contributed by atoms with E-state index in [2.05, 4.69) is 15.3 Å². The lowest BCUT2D eigenvalue weighted by atomic mass is 10.1. The summed E-state index contributed by atoms with van der Waals surface area (Å²) < 4.78 is 1.77. The summed E-state index contributed by atoms with van der Waals surface area (Å²) >= 11 is 0. The summed E-state index contributed by atoms with van der Waals surface area (Å²) in [6.45, 7) is -0.273. The maximum Gasteiger partial charge on any atom is 0.153 e. The molecule has 0 saturated heterocycles. The first kappa shape index (κ1) is 13.0. The van der Waals surface area contributed by atoms with Crippen molar-refractivity contribution in [3.05, 3.63) is 30.2 Å². The zero-order chi connectivity index (χ0) is 14.3. The molecule has 0 spiro atoms. The van der Waals surface area contributed by atoms with Crippen molar-refractivity contribution < 1.29 is 15.3 Å². The van der Waals surface area contributed by atoms with E-state index in [1.807, 2.05) is 0 Å². The van der Waals surface area contributed by atoms with E-state index < -0.39 is 18.2 Å². The maximum atomic E-state index is 10.1. The Balaban J connectivity index is 2.10. The first-order valence-corrected chi connectivity index (χ1v) is 6.34. The Morgan fingerprint density at radius 3 is 2.80 bits per heavy atom.